The van der Waals surface area contributed by atoms with Gasteiger partial charge in [0.2, 0.25) is 0 Å². The monoisotopic (exact) mass is 233 g/mol. The molecule has 0 saturated carbocycles. The minimum Gasteiger partial charge on any atom is -0.251 e. The highest BCUT2D eigenvalue weighted by atomic mass is 19.4. The van der Waals surface area contributed by atoms with Crippen LogP contribution in [0.4, 0.5) is 30.7 Å². The fourth-order valence-corrected chi connectivity index (χ4v) is 0.914. The van der Waals surface area contributed by atoms with E-state index in [4.69, 9.17) is 0 Å². The quantitative estimate of drug-likeness (QED) is 0.678. The van der Waals surface area contributed by atoms with E-state index in [0.29, 0.717) is 0 Å². The van der Waals surface area contributed by atoms with Gasteiger partial charge in [-0.2, -0.15) is 13.2 Å². The van der Waals surface area contributed by atoms with E-state index in [1.807, 2.05) is 0 Å². The minimum atomic E-state index is -5.41. The summed E-state index contributed by atoms with van der Waals surface area (Å²) < 4.78 is 85.3. The molecule has 0 aliphatic heterocycles. The number of alkyl halides is 5. The molecule has 0 unspecified atom stereocenters. The van der Waals surface area contributed by atoms with E-state index >= 15 is 0 Å². The van der Waals surface area contributed by atoms with Gasteiger partial charge in [0.05, 0.1) is 6.20 Å². The summed E-state index contributed by atoms with van der Waals surface area (Å²) in [6.45, 7) is 0. The first-order valence-electron chi connectivity index (χ1n) is 3.44. The number of hydrogen-bond donors (Lipinski definition) is 0. The molecule has 1 heterocycles. The molecule has 0 spiro atoms. The largest absolute Gasteiger partial charge is 0.421 e. The average molecular weight is 233 g/mol. The topological polar surface area (TPSA) is 12.9 Å². The van der Waals surface area contributed by atoms with Crippen LogP contribution in [0.15, 0.2) is 6.20 Å². The van der Waals surface area contributed by atoms with Crippen LogP contribution in [0.5, 0.6) is 0 Å². The van der Waals surface area contributed by atoms with Crippen molar-refractivity contribution in [3.63, 3.8) is 0 Å². The Balaban J connectivity index is 3.49. The van der Waals surface area contributed by atoms with Crippen LogP contribution < -0.4 is 0 Å². The summed E-state index contributed by atoms with van der Waals surface area (Å²) in [6, 6.07) is 0. The minimum absolute atomic E-state index is 0.0218. The molecule has 84 valence electrons. The highest BCUT2D eigenvalue weighted by molar-refractivity contribution is 5.26. The van der Waals surface area contributed by atoms with Gasteiger partial charge in [0.25, 0.3) is 6.43 Å². The van der Waals surface area contributed by atoms with Crippen LogP contribution in [0.1, 0.15) is 17.7 Å². The van der Waals surface area contributed by atoms with Crippen molar-refractivity contribution in [1.29, 1.82) is 0 Å². The lowest BCUT2D eigenvalue weighted by Gasteiger charge is -2.12. The van der Waals surface area contributed by atoms with E-state index in [1.54, 1.807) is 0 Å². The van der Waals surface area contributed by atoms with Crippen LogP contribution >= 0.6 is 0 Å². The maximum absolute atomic E-state index is 12.7. The van der Waals surface area contributed by atoms with Crippen molar-refractivity contribution in [3.8, 4) is 0 Å². The van der Waals surface area contributed by atoms with Gasteiger partial charge in [0, 0.05) is 0 Å². The zero-order chi connectivity index (χ0) is 11.8. The van der Waals surface area contributed by atoms with Crippen LogP contribution in [-0.4, -0.2) is 4.98 Å². The standard InChI is InChI=1S/C7H2F7N/c8-2-1-15-5(6(10)11)3(4(2)9)7(12,13)14/h1,6H. The van der Waals surface area contributed by atoms with Gasteiger partial charge in [0.1, 0.15) is 11.3 Å². The lowest BCUT2D eigenvalue weighted by molar-refractivity contribution is -0.142. The normalized spacial score (nSPS) is 12.3. The Morgan fingerprint density at radius 1 is 1.13 bits per heavy atom. The average Bonchev–Trinajstić information content (AvgIpc) is 2.06. The van der Waals surface area contributed by atoms with E-state index in [2.05, 4.69) is 4.98 Å². The van der Waals surface area contributed by atoms with Crippen LogP contribution in [0.25, 0.3) is 0 Å². The lowest BCUT2D eigenvalue weighted by atomic mass is 10.1. The summed E-state index contributed by atoms with van der Waals surface area (Å²) in [5.74, 6) is -4.29. The Hall–Kier alpha value is -1.34. The molecule has 15 heavy (non-hydrogen) atoms. The number of halogens is 7. The summed E-state index contributed by atoms with van der Waals surface area (Å²) in [6.07, 6.45) is -9.06. The van der Waals surface area contributed by atoms with Gasteiger partial charge in [0.15, 0.2) is 11.6 Å². The predicted octanol–water partition coefficient (Wildman–Crippen LogP) is 3.32. The zero-order valence-corrected chi connectivity index (χ0v) is 6.75. The smallest absolute Gasteiger partial charge is 0.251 e. The molecule has 1 aromatic heterocycles. The number of hydrogen-bond acceptors (Lipinski definition) is 1. The van der Waals surface area contributed by atoms with Crippen molar-refractivity contribution in [3.05, 3.63) is 29.1 Å². The number of rotatable bonds is 1. The molecule has 0 bridgehead atoms. The van der Waals surface area contributed by atoms with E-state index in [-0.39, 0.29) is 6.20 Å². The summed E-state index contributed by atoms with van der Waals surface area (Å²) in [5.41, 5.74) is -4.18. The van der Waals surface area contributed by atoms with E-state index in [0.717, 1.165) is 0 Å². The van der Waals surface area contributed by atoms with Crippen molar-refractivity contribution < 1.29 is 30.7 Å². The van der Waals surface area contributed by atoms with Crippen LogP contribution in [0, 0.1) is 11.6 Å². The van der Waals surface area contributed by atoms with Gasteiger partial charge in [-0.1, -0.05) is 0 Å². The molecule has 8 heteroatoms. The van der Waals surface area contributed by atoms with Crippen molar-refractivity contribution in [1.82, 2.24) is 4.98 Å². The SMILES string of the molecule is Fc1cnc(C(F)F)c(C(F)(F)F)c1F. The first-order valence-corrected chi connectivity index (χ1v) is 3.44. The fraction of sp³-hybridized carbons (Fsp3) is 0.286. The Bertz CT molecular complexity index is 370. The van der Waals surface area contributed by atoms with Gasteiger partial charge in [-0.3, -0.25) is 4.98 Å². The second-order valence-electron chi connectivity index (χ2n) is 2.48. The van der Waals surface area contributed by atoms with Gasteiger partial charge in [-0.25, -0.2) is 17.6 Å². The van der Waals surface area contributed by atoms with E-state index < -0.39 is 35.5 Å². The molecular formula is C7H2F7N. The second-order valence-corrected chi connectivity index (χ2v) is 2.48. The number of aromatic nitrogens is 1. The highest BCUT2D eigenvalue weighted by Crippen LogP contribution is 2.37. The molecule has 0 amide bonds. The number of pyridine rings is 1. The van der Waals surface area contributed by atoms with Crippen molar-refractivity contribution in [2.45, 2.75) is 12.6 Å². The molecule has 0 aromatic carbocycles. The van der Waals surface area contributed by atoms with Crippen molar-refractivity contribution in [2.75, 3.05) is 0 Å². The second kappa shape index (κ2) is 3.67. The Kier molecular flexibility index (Phi) is 2.87. The summed E-state index contributed by atoms with van der Waals surface area (Å²) in [7, 11) is 0. The molecule has 0 fully saturated rings. The predicted molar refractivity (Wildman–Crippen MR) is 34.1 cm³/mol. The summed E-state index contributed by atoms with van der Waals surface area (Å²) >= 11 is 0. The van der Waals surface area contributed by atoms with E-state index in [1.165, 1.54) is 0 Å². The summed E-state index contributed by atoms with van der Waals surface area (Å²) in [5, 5.41) is 0. The third-order valence-corrected chi connectivity index (χ3v) is 1.49. The molecule has 0 atom stereocenters. The van der Waals surface area contributed by atoms with Gasteiger partial charge in [-0.05, 0) is 0 Å². The Morgan fingerprint density at radius 2 is 1.67 bits per heavy atom. The third-order valence-electron chi connectivity index (χ3n) is 1.49. The van der Waals surface area contributed by atoms with Crippen LogP contribution in [-0.2, 0) is 6.18 Å². The maximum Gasteiger partial charge on any atom is 0.421 e. The molecule has 0 N–H and O–H groups in total. The first-order chi connectivity index (χ1) is 6.75. The molecule has 1 aromatic rings. The fourth-order valence-electron chi connectivity index (χ4n) is 0.914. The molecule has 1 nitrogen and oxygen atoms in total. The maximum atomic E-state index is 12.7. The molecule has 0 aliphatic carbocycles. The van der Waals surface area contributed by atoms with Gasteiger partial charge >= 0.3 is 6.18 Å². The first kappa shape index (κ1) is 11.7. The van der Waals surface area contributed by atoms with Gasteiger partial charge in [-0.15, -0.1) is 0 Å². The zero-order valence-electron chi connectivity index (χ0n) is 6.75. The summed E-state index contributed by atoms with van der Waals surface area (Å²) in [4.78, 5) is 2.52. The van der Waals surface area contributed by atoms with Crippen LogP contribution in [0.2, 0.25) is 0 Å². The van der Waals surface area contributed by atoms with Crippen molar-refractivity contribution in [2.24, 2.45) is 0 Å². The Labute approximate surface area is 78.5 Å². The molecule has 1 rings (SSSR count). The lowest BCUT2D eigenvalue weighted by Crippen LogP contribution is -2.15. The van der Waals surface area contributed by atoms with E-state index in [9.17, 15) is 30.7 Å². The highest BCUT2D eigenvalue weighted by Gasteiger charge is 2.41. The molecule has 0 saturated heterocycles. The molecule has 0 aliphatic rings. The molecule has 0 radical (unpaired) electrons. The number of nitrogens with zero attached hydrogens (tertiary/aromatic N) is 1. The Morgan fingerprint density at radius 3 is 2.07 bits per heavy atom. The molecular weight excluding hydrogens is 231 g/mol. The third kappa shape index (κ3) is 2.18. The van der Waals surface area contributed by atoms with Crippen molar-refractivity contribution >= 4 is 0 Å². The van der Waals surface area contributed by atoms with Crippen LogP contribution in [0.3, 0.4) is 0 Å². The van der Waals surface area contributed by atoms with Gasteiger partial charge < -0.3 is 0 Å².